The molecule has 0 unspecified atom stereocenters. The number of carbonyl (C=O) groups excluding carboxylic acids is 2. The lowest BCUT2D eigenvalue weighted by molar-refractivity contribution is -0.128. The van der Waals surface area contributed by atoms with Crippen molar-refractivity contribution in [2.24, 2.45) is 0 Å². The summed E-state index contributed by atoms with van der Waals surface area (Å²) in [5, 5.41) is 11.3. The van der Waals surface area contributed by atoms with Gasteiger partial charge < -0.3 is 5.32 Å². The number of nitrogens with one attached hydrogen (secondary N) is 2. The maximum atomic E-state index is 12.2. The van der Waals surface area contributed by atoms with Crippen LogP contribution in [-0.4, -0.2) is 17.0 Å². The summed E-state index contributed by atoms with van der Waals surface area (Å²) in [6.07, 6.45) is 2.17. The molecule has 0 aliphatic heterocycles. The Morgan fingerprint density at radius 3 is 2.13 bits per heavy atom. The molecule has 2 aromatic rings. The van der Waals surface area contributed by atoms with Gasteiger partial charge in [-0.05, 0) is 41.8 Å². The predicted molar refractivity (Wildman–Crippen MR) is 88.5 cm³/mol. The van der Waals surface area contributed by atoms with Crippen molar-refractivity contribution in [1.82, 2.24) is 5.48 Å². The molecule has 2 rings (SSSR count). The zero-order valence-corrected chi connectivity index (χ0v) is 13.0. The summed E-state index contributed by atoms with van der Waals surface area (Å²) in [6.45, 7) is 2.12. The number of hydrogen-bond acceptors (Lipinski definition) is 3. The molecule has 0 bridgehead atoms. The van der Waals surface area contributed by atoms with Gasteiger partial charge in [0.1, 0.15) is 0 Å². The number of aryl methyl sites for hydroxylation is 1. The maximum absolute atomic E-state index is 12.2. The second-order valence-corrected chi connectivity index (χ2v) is 5.31. The Hall–Kier alpha value is -2.66. The van der Waals surface area contributed by atoms with Crippen LogP contribution in [0, 0.1) is 0 Å². The lowest BCUT2D eigenvalue weighted by atomic mass is 10.1. The highest BCUT2D eigenvalue weighted by Gasteiger charge is 2.07. The number of carbonyl (C=O) groups is 2. The molecule has 0 saturated heterocycles. The molecule has 5 heteroatoms. The number of anilines is 1. The molecule has 0 aliphatic rings. The van der Waals surface area contributed by atoms with E-state index in [2.05, 4.69) is 12.2 Å². The van der Waals surface area contributed by atoms with Crippen molar-refractivity contribution < 1.29 is 14.8 Å². The number of hydroxylamine groups is 1. The number of amides is 2. The van der Waals surface area contributed by atoms with Crippen LogP contribution in [0.3, 0.4) is 0 Å². The van der Waals surface area contributed by atoms with Gasteiger partial charge in [-0.2, -0.15) is 0 Å². The molecule has 3 N–H and O–H groups in total. The van der Waals surface area contributed by atoms with E-state index in [1.54, 1.807) is 29.7 Å². The van der Waals surface area contributed by atoms with Crippen LogP contribution in [0.5, 0.6) is 0 Å². The molecule has 0 aromatic heterocycles. The summed E-state index contributed by atoms with van der Waals surface area (Å²) in [6, 6.07) is 14.5. The quantitative estimate of drug-likeness (QED) is 0.567. The summed E-state index contributed by atoms with van der Waals surface area (Å²) in [5.41, 5.74) is 4.81. The minimum Gasteiger partial charge on any atom is -0.322 e. The van der Waals surface area contributed by atoms with Crippen LogP contribution in [0.15, 0.2) is 48.5 Å². The third-order valence-corrected chi connectivity index (χ3v) is 3.46. The number of benzene rings is 2. The minimum atomic E-state index is -0.478. The van der Waals surface area contributed by atoms with Crippen LogP contribution in [0.25, 0.3) is 0 Å². The lowest BCUT2D eigenvalue weighted by Gasteiger charge is -2.07. The molecule has 0 saturated carbocycles. The third-order valence-electron chi connectivity index (χ3n) is 3.46. The summed E-state index contributed by atoms with van der Waals surface area (Å²) in [7, 11) is 0. The van der Waals surface area contributed by atoms with Crippen molar-refractivity contribution in [2.45, 2.75) is 26.2 Å². The highest BCUT2D eigenvalue weighted by atomic mass is 16.5. The maximum Gasteiger partial charge on any atom is 0.255 e. The first-order valence-corrected chi connectivity index (χ1v) is 7.54. The van der Waals surface area contributed by atoms with E-state index in [1.165, 1.54) is 5.56 Å². The Morgan fingerprint density at radius 1 is 0.957 bits per heavy atom. The van der Waals surface area contributed by atoms with Gasteiger partial charge in [-0.3, -0.25) is 14.8 Å². The van der Waals surface area contributed by atoms with Crippen molar-refractivity contribution in [2.75, 3.05) is 5.32 Å². The second-order valence-electron chi connectivity index (χ2n) is 5.31. The fraction of sp³-hybridized carbons (Fsp3) is 0.222. The highest BCUT2D eigenvalue weighted by molar-refractivity contribution is 6.04. The molecule has 0 aliphatic carbocycles. The molecule has 0 heterocycles. The van der Waals surface area contributed by atoms with Crippen molar-refractivity contribution in [3.05, 3.63) is 65.2 Å². The monoisotopic (exact) mass is 312 g/mol. The van der Waals surface area contributed by atoms with E-state index in [1.807, 2.05) is 24.3 Å². The van der Waals surface area contributed by atoms with Crippen LogP contribution in [0.1, 0.15) is 34.8 Å². The van der Waals surface area contributed by atoms with Gasteiger partial charge in [0.15, 0.2) is 0 Å². The van der Waals surface area contributed by atoms with Crippen molar-refractivity contribution in [1.29, 1.82) is 0 Å². The van der Waals surface area contributed by atoms with E-state index in [9.17, 15) is 9.59 Å². The third kappa shape index (κ3) is 4.93. The van der Waals surface area contributed by atoms with Gasteiger partial charge >= 0.3 is 0 Å². The average molecular weight is 312 g/mol. The molecule has 0 fully saturated rings. The first-order chi connectivity index (χ1) is 11.1. The minimum absolute atomic E-state index is 0.0869. The summed E-state index contributed by atoms with van der Waals surface area (Å²) < 4.78 is 0. The van der Waals surface area contributed by atoms with Crippen LogP contribution < -0.4 is 10.8 Å². The van der Waals surface area contributed by atoms with Gasteiger partial charge in [0.25, 0.3) is 5.91 Å². The standard InChI is InChI=1S/C18H20N2O3/c1-2-3-13-4-8-15(9-5-13)18(22)19-16-10-6-14(7-11-16)12-17(21)20-23/h4-11,23H,2-3,12H2,1H3,(H,19,22)(H,20,21). The molecule has 23 heavy (non-hydrogen) atoms. The smallest absolute Gasteiger partial charge is 0.255 e. The van der Waals surface area contributed by atoms with E-state index < -0.39 is 5.91 Å². The molecule has 0 radical (unpaired) electrons. The van der Waals surface area contributed by atoms with E-state index in [-0.39, 0.29) is 12.3 Å². The lowest BCUT2D eigenvalue weighted by Crippen LogP contribution is -2.20. The number of rotatable bonds is 6. The summed E-state index contributed by atoms with van der Waals surface area (Å²) in [5.74, 6) is -0.650. The normalized spacial score (nSPS) is 10.2. The first kappa shape index (κ1) is 16.7. The Balaban J connectivity index is 1.98. The Kier molecular flexibility index (Phi) is 5.88. The van der Waals surface area contributed by atoms with Crippen LogP contribution in [-0.2, 0) is 17.6 Å². The van der Waals surface area contributed by atoms with Crippen LogP contribution in [0.4, 0.5) is 5.69 Å². The second kappa shape index (κ2) is 8.10. The molecular weight excluding hydrogens is 292 g/mol. The molecule has 120 valence electrons. The fourth-order valence-corrected chi connectivity index (χ4v) is 2.25. The van der Waals surface area contributed by atoms with Gasteiger partial charge in [-0.1, -0.05) is 37.6 Å². The van der Waals surface area contributed by atoms with E-state index in [0.29, 0.717) is 11.3 Å². The van der Waals surface area contributed by atoms with Crippen LogP contribution >= 0.6 is 0 Å². The molecule has 2 aromatic carbocycles. The van der Waals surface area contributed by atoms with Crippen molar-refractivity contribution in [3.63, 3.8) is 0 Å². The average Bonchev–Trinajstić information content (AvgIpc) is 2.57. The van der Waals surface area contributed by atoms with E-state index in [4.69, 9.17) is 5.21 Å². The Bertz CT molecular complexity index is 664. The van der Waals surface area contributed by atoms with Gasteiger partial charge in [0.2, 0.25) is 5.91 Å². The first-order valence-electron chi connectivity index (χ1n) is 7.54. The number of hydrogen-bond donors (Lipinski definition) is 3. The molecule has 0 atom stereocenters. The fourth-order valence-electron chi connectivity index (χ4n) is 2.25. The molecule has 0 spiro atoms. The van der Waals surface area contributed by atoms with Gasteiger partial charge in [-0.25, -0.2) is 5.48 Å². The summed E-state index contributed by atoms with van der Waals surface area (Å²) in [4.78, 5) is 23.3. The zero-order valence-electron chi connectivity index (χ0n) is 13.0. The van der Waals surface area contributed by atoms with E-state index in [0.717, 1.165) is 18.4 Å². The Labute approximate surface area is 135 Å². The SMILES string of the molecule is CCCc1ccc(C(=O)Nc2ccc(CC(=O)NO)cc2)cc1. The molecular formula is C18H20N2O3. The van der Waals surface area contributed by atoms with Crippen LogP contribution in [0.2, 0.25) is 0 Å². The van der Waals surface area contributed by atoms with Crippen molar-refractivity contribution in [3.8, 4) is 0 Å². The predicted octanol–water partition coefficient (Wildman–Crippen LogP) is 2.94. The zero-order chi connectivity index (χ0) is 16.7. The van der Waals surface area contributed by atoms with Gasteiger partial charge in [0, 0.05) is 11.3 Å². The largest absolute Gasteiger partial charge is 0.322 e. The molecule has 2 amide bonds. The molecule has 5 nitrogen and oxygen atoms in total. The Morgan fingerprint density at radius 2 is 1.57 bits per heavy atom. The van der Waals surface area contributed by atoms with E-state index >= 15 is 0 Å². The highest BCUT2D eigenvalue weighted by Crippen LogP contribution is 2.13. The van der Waals surface area contributed by atoms with Gasteiger partial charge in [-0.15, -0.1) is 0 Å². The summed E-state index contributed by atoms with van der Waals surface area (Å²) >= 11 is 0. The van der Waals surface area contributed by atoms with Crippen molar-refractivity contribution >= 4 is 17.5 Å². The topological polar surface area (TPSA) is 78.4 Å². The van der Waals surface area contributed by atoms with Gasteiger partial charge in [0.05, 0.1) is 6.42 Å².